The summed E-state index contributed by atoms with van der Waals surface area (Å²) >= 11 is 5.83. The van der Waals surface area contributed by atoms with Gasteiger partial charge in [-0.1, -0.05) is 11.6 Å². The molecule has 3 nitrogen and oxygen atoms in total. The third-order valence-electron chi connectivity index (χ3n) is 2.70. The number of carboxylic acids is 1. The standard InChI is InChI=1S/C13H12ClNO2/c1-8-3-4-9(2)15(8)12-6-5-10(14)7-11(12)13(16)17/h3-7H,1-2H3,(H,16,17). The van der Waals surface area contributed by atoms with Crippen molar-refractivity contribution in [2.24, 2.45) is 0 Å². The number of aromatic carboxylic acids is 1. The highest BCUT2D eigenvalue weighted by molar-refractivity contribution is 6.31. The van der Waals surface area contributed by atoms with Crippen LogP contribution in [0.3, 0.4) is 0 Å². The molecule has 88 valence electrons. The maximum atomic E-state index is 11.2. The Morgan fingerprint density at radius 1 is 1.18 bits per heavy atom. The number of benzene rings is 1. The molecule has 1 aromatic carbocycles. The summed E-state index contributed by atoms with van der Waals surface area (Å²) in [5, 5.41) is 9.62. The summed E-state index contributed by atoms with van der Waals surface area (Å²) in [6, 6.07) is 8.80. The van der Waals surface area contributed by atoms with Crippen molar-refractivity contribution in [3.8, 4) is 5.69 Å². The molecule has 1 aromatic heterocycles. The van der Waals surface area contributed by atoms with Gasteiger partial charge < -0.3 is 9.67 Å². The van der Waals surface area contributed by atoms with Crippen molar-refractivity contribution in [3.63, 3.8) is 0 Å². The van der Waals surface area contributed by atoms with Crippen molar-refractivity contribution in [1.29, 1.82) is 0 Å². The molecule has 0 aliphatic heterocycles. The minimum Gasteiger partial charge on any atom is -0.478 e. The molecule has 2 rings (SSSR count). The number of halogens is 1. The third kappa shape index (κ3) is 2.06. The van der Waals surface area contributed by atoms with Crippen molar-refractivity contribution in [2.45, 2.75) is 13.8 Å². The van der Waals surface area contributed by atoms with Gasteiger partial charge in [0.1, 0.15) is 0 Å². The molecule has 1 heterocycles. The van der Waals surface area contributed by atoms with Gasteiger partial charge in [0.15, 0.2) is 0 Å². The van der Waals surface area contributed by atoms with E-state index in [1.54, 1.807) is 12.1 Å². The first-order valence-corrected chi connectivity index (χ1v) is 5.56. The average Bonchev–Trinajstić information content (AvgIpc) is 2.59. The molecule has 0 spiro atoms. The van der Waals surface area contributed by atoms with E-state index >= 15 is 0 Å². The maximum Gasteiger partial charge on any atom is 0.337 e. The van der Waals surface area contributed by atoms with E-state index in [1.165, 1.54) is 6.07 Å². The number of nitrogens with zero attached hydrogens (tertiary/aromatic N) is 1. The zero-order valence-corrected chi connectivity index (χ0v) is 10.3. The largest absolute Gasteiger partial charge is 0.478 e. The Morgan fingerprint density at radius 3 is 2.29 bits per heavy atom. The monoisotopic (exact) mass is 249 g/mol. The highest BCUT2D eigenvalue weighted by Gasteiger charge is 2.14. The highest BCUT2D eigenvalue weighted by atomic mass is 35.5. The average molecular weight is 250 g/mol. The van der Waals surface area contributed by atoms with Gasteiger partial charge in [-0.2, -0.15) is 0 Å². The number of hydrogen-bond donors (Lipinski definition) is 1. The van der Waals surface area contributed by atoms with Crippen LogP contribution >= 0.6 is 11.6 Å². The number of carboxylic acid groups (broad SMARTS) is 1. The van der Waals surface area contributed by atoms with E-state index in [4.69, 9.17) is 11.6 Å². The van der Waals surface area contributed by atoms with Gasteiger partial charge in [-0.3, -0.25) is 0 Å². The molecule has 0 saturated heterocycles. The van der Waals surface area contributed by atoms with Gasteiger partial charge in [0, 0.05) is 16.4 Å². The van der Waals surface area contributed by atoms with Gasteiger partial charge in [0.05, 0.1) is 11.3 Å². The topological polar surface area (TPSA) is 42.2 Å². The summed E-state index contributed by atoms with van der Waals surface area (Å²) in [5.74, 6) is -0.977. The van der Waals surface area contributed by atoms with Crippen LogP contribution in [-0.4, -0.2) is 15.6 Å². The number of aromatic nitrogens is 1. The van der Waals surface area contributed by atoms with Crippen molar-refractivity contribution in [3.05, 3.63) is 52.3 Å². The molecule has 0 fully saturated rings. The lowest BCUT2D eigenvalue weighted by molar-refractivity contribution is 0.0697. The second-order valence-corrected chi connectivity index (χ2v) is 4.35. The van der Waals surface area contributed by atoms with Crippen molar-refractivity contribution >= 4 is 17.6 Å². The lowest BCUT2D eigenvalue weighted by atomic mass is 10.1. The van der Waals surface area contributed by atoms with Gasteiger partial charge in [-0.25, -0.2) is 4.79 Å². The molecule has 0 saturated carbocycles. The van der Waals surface area contributed by atoms with Crippen LogP contribution in [0.2, 0.25) is 5.02 Å². The zero-order chi connectivity index (χ0) is 12.6. The molecule has 0 radical (unpaired) electrons. The van der Waals surface area contributed by atoms with Crippen LogP contribution in [0.25, 0.3) is 5.69 Å². The fraction of sp³-hybridized carbons (Fsp3) is 0.154. The molecule has 2 aromatic rings. The van der Waals surface area contributed by atoms with E-state index in [-0.39, 0.29) is 5.56 Å². The Morgan fingerprint density at radius 2 is 1.76 bits per heavy atom. The number of aryl methyl sites for hydroxylation is 2. The second kappa shape index (κ2) is 4.26. The third-order valence-corrected chi connectivity index (χ3v) is 2.94. The molecule has 1 N–H and O–H groups in total. The first-order chi connectivity index (χ1) is 8.00. The molecule has 0 amide bonds. The first-order valence-electron chi connectivity index (χ1n) is 5.19. The zero-order valence-electron chi connectivity index (χ0n) is 9.57. The quantitative estimate of drug-likeness (QED) is 0.886. The van der Waals surface area contributed by atoms with Gasteiger partial charge in [-0.05, 0) is 44.2 Å². The number of hydrogen-bond acceptors (Lipinski definition) is 1. The fourth-order valence-electron chi connectivity index (χ4n) is 1.92. The normalized spacial score (nSPS) is 10.5. The minimum atomic E-state index is -0.977. The molecule has 0 atom stereocenters. The minimum absolute atomic E-state index is 0.208. The summed E-state index contributed by atoms with van der Waals surface area (Å²) in [4.78, 5) is 11.2. The molecule has 4 heteroatoms. The molecular weight excluding hydrogens is 238 g/mol. The van der Waals surface area contributed by atoms with Crippen LogP contribution in [0, 0.1) is 13.8 Å². The predicted octanol–water partition coefficient (Wildman–Crippen LogP) is 3.45. The van der Waals surface area contributed by atoms with Crippen LogP contribution in [0.4, 0.5) is 0 Å². The van der Waals surface area contributed by atoms with Gasteiger partial charge in [0.25, 0.3) is 0 Å². The van der Waals surface area contributed by atoms with Crippen molar-refractivity contribution in [2.75, 3.05) is 0 Å². The molecule has 0 bridgehead atoms. The molecule has 0 aliphatic rings. The van der Waals surface area contributed by atoms with Crippen LogP contribution in [0.5, 0.6) is 0 Å². The van der Waals surface area contributed by atoms with Crippen molar-refractivity contribution in [1.82, 2.24) is 4.57 Å². The predicted molar refractivity (Wildman–Crippen MR) is 67.2 cm³/mol. The Kier molecular flexibility index (Phi) is 2.94. The number of rotatable bonds is 2. The first kappa shape index (κ1) is 11.7. The smallest absolute Gasteiger partial charge is 0.337 e. The highest BCUT2D eigenvalue weighted by Crippen LogP contribution is 2.23. The Labute approximate surface area is 104 Å². The Bertz CT molecular complexity index is 568. The summed E-state index contributed by atoms with van der Waals surface area (Å²) in [7, 11) is 0. The van der Waals surface area contributed by atoms with Crippen LogP contribution < -0.4 is 0 Å². The summed E-state index contributed by atoms with van der Waals surface area (Å²) in [6.45, 7) is 3.88. The number of carbonyl (C=O) groups is 1. The van der Waals surface area contributed by atoms with Crippen molar-refractivity contribution < 1.29 is 9.90 Å². The van der Waals surface area contributed by atoms with Gasteiger partial charge in [-0.15, -0.1) is 0 Å². The van der Waals surface area contributed by atoms with Crippen LogP contribution in [0.1, 0.15) is 21.7 Å². The van der Waals surface area contributed by atoms with Gasteiger partial charge >= 0.3 is 5.97 Å². The second-order valence-electron chi connectivity index (χ2n) is 3.92. The van der Waals surface area contributed by atoms with E-state index in [0.717, 1.165) is 11.4 Å². The van der Waals surface area contributed by atoms with E-state index in [2.05, 4.69) is 0 Å². The van der Waals surface area contributed by atoms with Gasteiger partial charge in [0.2, 0.25) is 0 Å². The molecular formula is C13H12ClNO2. The molecule has 17 heavy (non-hydrogen) atoms. The summed E-state index contributed by atoms with van der Waals surface area (Å²) in [6.07, 6.45) is 0. The molecule has 0 aliphatic carbocycles. The lowest BCUT2D eigenvalue weighted by Crippen LogP contribution is -2.07. The summed E-state index contributed by atoms with van der Waals surface area (Å²) < 4.78 is 1.90. The summed E-state index contributed by atoms with van der Waals surface area (Å²) in [5.41, 5.74) is 2.83. The van der Waals surface area contributed by atoms with Crippen LogP contribution in [0.15, 0.2) is 30.3 Å². The lowest BCUT2D eigenvalue weighted by Gasteiger charge is -2.12. The van der Waals surface area contributed by atoms with E-state index in [9.17, 15) is 9.90 Å². The fourth-order valence-corrected chi connectivity index (χ4v) is 2.10. The van der Waals surface area contributed by atoms with E-state index in [0.29, 0.717) is 10.7 Å². The Balaban J connectivity index is 2.71. The van der Waals surface area contributed by atoms with E-state index in [1.807, 2.05) is 30.5 Å². The Hall–Kier alpha value is -1.74. The SMILES string of the molecule is Cc1ccc(C)n1-c1ccc(Cl)cc1C(=O)O. The maximum absolute atomic E-state index is 11.2. The molecule has 0 unspecified atom stereocenters. The van der Waals surface area contributed by atoms with E-state index < -0.39 is 5.97 Å². The van der Waals surface area contributed by atoms with Crippen LogP contribution in [-0.2, 0) is 0 Å².